The Morgan fingerprint density at radius 2 is 1.92 bits per heavy atom. The fourth-order valence-electron chi connectivity index (χ4n) is 2.54. The molecule has 2 heterocycles. The second-order valence-electron chi connectivity index (χ2n) is 5.45. The van der Waals surface area contributed by atoms with E-state index in [4.69, 9.17) is 9.47 Å². The average molecular weight is 355 g/mol. The van der Waals surface area contributed by atoms with Gasteiger partial charge in [-0.15, -0.1) is 5.10 Å². The SMILES string of the molecule is CCOC(=O)N1CCN(C(=O)C(C)n2cc([N+](=O)[O-])c(OC)n2)CC1. The molecule has 1 saturated heterocycles. The van der Waals surface area contributed by atoms with E-state index in [2.05, 4.69) is 5.10 Å². The van der Waals surface area contributed by atoms with Crippen LogP contribution in [0.1, 0.15) is 19.9 Å². The molecule has 138 valence electrons. The molecule has 11 nitrogen and oxygen atoms in total. The van der Waals surface area contributed by atoms with E-state index in [-0.39, 0.29) is 17.5 Å². The first-order valence-electron chi connectivity index (χ1n) is 7.87. The Morgan fingerprint density at radius 3 is 2.40 bits per heavy atom. The Morgan fingerprint density at radius 1 is 1.32 bits per heavy atom. The average Bonchev–Trinajstić information content (AvgIpc) is 3.05. The molecule has 0 spiro atoms. The maximum atomic E-state index is 12.6. The van der Waals surface area contributed by atoms with Gasteiger partial charge in [0.1, 0.15) is 12.2 Å². The lowest BCUT2D eigenvalue weighted by Gasteiger charge is -2.35. The maximum absolute atomic E-state index is 12.6. The number of hydrogen-bond acceptors (Lipinski definition) is 7. The van der Waals surface area contributed by atoms with Gasteiger partial charge in [0.2, 0.25) is 5.91 Å². The number of methoxy groups -OCH3 is 1. The summed E-state index contributed by atoms with van der Waals surface area (Å²) in [6.07, 6.45) is 0.783. The summed E-state index contributed by atoms with van der Waals surface area (Å²) < 4.78 is 11.0. The van der Waals surface area contributed by atoms with Crippen LogP contribution in [0.5, 0.6) is 5.88 Å². The summed E-state index contributed by atoms with van der Waals surface area (Å²) in [7, 11) is 1.28. The molecule has 0 saturated carbocycles. The van der Waals surface area contributed by atoms with E-state index >= 15 is 0 Å². The lowest BCUT2D eigenvalue weighted by Crippen LogP contribution is -2.52. The molecule has 1 aromatic heterocycles. The van der Waals surface area contributed by atoms with Gasteiger partial charge in [0.05, 0.1) is 18.6 Å². The van der Waals surface area contributed by atoms with E-state index in [1.165, 1.54) is 18.0 Å². The Balaban J connectivity index is 2.01. The van der Waals surface area contributed by atoms with Crippen LogP contribution in [-0.4, -0.2) is 76.4 Å². The minimum atomic E-state index is -0.725. The molecule has 1 fully saturated rings. The molecule has 1 unspecified atom stereocenters. The number of hydrogen-bond donors (Lipinski definition) is 0. The van der Waals surface area contributed by atoms with Crippen molar-refractivity contribution in [2.24, 2.45) is 0 Å². The summed E-state index contributed by atoms with van der Waals surface area (Å²) in [4.78, 5) is 37.8. The quantitative estimate of drug-likeness (QED) is 0.562. The molecular weight excluding hydrogens is 334 g/mol. The first kappa shape index (κ1) is 18.5. The van der Waals surface area contributed by atoms with E-state index in [9.17, 15) is 19.7 Å². The third-order valence-electron chi connectivity index (χ3n) is 3.94. The maximum Gasteiger partial charge on any atom is 0.409 e. The monoisotopic (exact) mass is 355 g/mol. The number of nitrogens with zero attached hydrogens (tertiary/aromatic N) is 5. The zero-order valence-electron chi connectivity index (χ0n) is 14.4. The summed E-state index contributed by atoms with van der Waals surface area (Å²) >= 11 is 0. The first-order chi connectivity index (χ1) is 11.9. The van der Waals surface area contributed by atoms with Crippen LogP contribution in [0.3, 0.4) is 0 Å². The highest BCUT2D eigenvalue weighted by Crippen LogP contribution is 2.26. The minimum absolute atomic E-state index is 0.142. The van der Waals surface area contributed by atoms with Crippen LogP contribution in [0.15, 0.2) is 6.20 Å². The molecule has 0 radical (unpaired) electrons. The van der Waals surface area contributed by atoms with Crippen molar-refractivity contribution in [2.45, 2.75) is 19.9 Å². The van der Waals surface area contributed by atoms with Gasteiger partial charge in [-0.1, -0.05) is 0 Å². The summed E-state index contributed by atoms with van der Waals surface area (Å²) in [5, 5.41) is 14.9. The predicted octanol–water partition coefficient (Wildman–Crippen LogP) is 0.662. The predicted molar refractivity (Wildman–Crippen MR) is 85.3 cm³/mol. The molecule has 1 atom stereocenters. The zero-order valence-corrected chi connectivity index (χ0v) is 14.4. The van der Waals surface area contributed by atoms with Crippen molar-refractivity contribution in [1.82, 2.24) is 19.6 Å². The molecule has 0 aliphatic carbocycles. The highest BCUT2D eigenvalue weighted by atomic mass is 16.6. The number of rotatable bonds is 5. The van der Waals surface area contributed by atoms with Crippen LogP contribution < -0.4 is 4.74 Å². The fourth-order valence-corrected chi connectivity index (χ4v) is 2.54. The van der Waals surface area contributed by atoms with Crippen LogP contribution in [0.25, 0.3) is 0 Å². The summed E-state index contributed by atoms with van der Waals surface area (Å²) in [5.41, 5.74) is -0.297. The molecule has 2 amide bonds. The molecule has 0 N–H and O–H groups in total. The minimum Gasteiger partial charge on any atom is -0.475 e. The number of aromatic nitrogens is 2. The normalized spacial score (nSPS) is 15.6. The largest absolute Gasteiger partial charge is 0.475 e. The number of carbonyl (C=O) groups excluding carboxylic acids is 2. The van der Waals surface area contributed by atoms with Gasteiger partial charge in [-0.2, -0.15) is 0 Å². The van der Waals surface area contributed by atoms with Gasteiger partial charge < -0.3 is 19.3 Å². The summed E-state index contributed by atoms with van der Waals surface area (Å²) in [5.74, 6) is -0.375. The van der Waals surface area contributed by atoms with Gasteiger partial charge in [-0.05, 0) is 13.8 Å². The highest BCUT2D eigenvalue weighted by molar-refractivity contribution is 5.80. The Bertz CT molecular complexity index is 652. The van der Waals surface area contributed by atoms with Gasteiger partial charge >= 0.3 is 17.7 Å². The van der Waals surface area contributed by atoms with Crippen molar-refractivity contribution in [2.75, 3.05) is 39.9 Å². The number of ether oxygens (including phenoxy) is 2. The van der Waals surface area contributed by atoms with Crippen molar-refractivity contribution in [1.29, 1.82) is 0 Å². The highest BCUT2D eigenvalue weighted by Gasteiger charge is 2.30. The van der Waals surface area contributed by atoms with Crippen LogP contribution in [0, 0.1) is 10.1 Å². The topological polar surface area (TPSA) is 120 Å². The number of carbonyl (C=O) groups is 2. The second kappa shape index (κ2) is 7.81. The third-order valence-corrected chi connectivity index (χ3v) is 3.94. The van der Waals surface area contributed by atoms with Crippen molar-refractivity contribution in [3.8, 4) is 5.88 Å². The van der Waals surface area contributed by atoms with Crippen molar-refractivity contribution in [3.63, 3.8) is 0 Å². The van der Waals surface area contributed by atoms with E-state index < -0.39 is 17.1 Å². The molecule has 0 bridgehead atoms. The van der Waals surface area contributed by atoms with Gasteiger partial charge in [0, 0.05) is 26.2 Å². The van der Waals surface area contributed by atoms with E-state index in [0.29, 0.717) is 32.8 Å². The van der Waals surface area contributed by atoms with Gasteiger partial charge in [-0.3, -0.25) is 14.9 Å². The standard InChI is InChI=1S/C14H21N5O6/c1-4-25-14(21)17-7-5-16(6-8-17)13(20)10(2)18-9-11(19(22)23)12(15-18)24-3/h9-10H,4-8H2,1-3H3. The van der Waals surface area contributed by atoms with Gasteiger partial charge in [-0.25, -0.2) is 9.48 Å². The molecule has 1 aliphatic rings. The molecule has 1 aromatic rings. The van der Waals surface area contributed by atoms with Gasteiger partial charge in [0.25, 0.3) is 0 Å². The number of nitro groups is 1. The molecule has 1 aliphatic heterocycles. The van der Waals surface area contributed by atoms with Crippen LogP contribution in [0.4, 0.5) is 10.5 Å². The Labute approximate surface area is 144 Å². The number of amides is 2. The van der Waals surface area contributed by atoms with Crippen molar-refractivity contribution in [3.05, 3.63) is 16.3 Å². The molecular formula is C14H21N5O6. The zero-order chi connectivity index (χ0) is 18.6. The van der Waals surface area contributed by atoms with Crippen molar-refractivity contribution >= 4 is 17.7 Å². The Hall–Kier alpha value is -2.85. The van der Waals surface area contributed by atoms with E-state index in [1.54, 1.807) is 23.6 Å². The molecule has 0 aromatic carbocycles. The molecule has 11 heteroatoms. The van der Waals surface area contributed by atoms with Crippen LogP contribution in [-0.2, 0) is 9.53 Å². The van der Waals surface area contributed by atoms with Gasteiger partial charge in [0.15, 0.2) is 0 Å². The lowest BCUT2D eigenvalue weighted by molar-refractivity contribution is -0.385. The number of piperazine rings is 1. The second-order valence-corrected chi connectivity index (χ2v) is 5.45. The fraction of sp³-hybridized carbons (Fsp3) is 0.643. The smallest absolute Gasteiger partial charge is 0.409 e. The van der Waals surface area contributed by atoms with E-state index in [0.717, 1.165) is 0 Å². The van der Waals surface area contributed by atoms with Crippen LogP contribution in [0.2, 0.25) is 0 Å². The Kier molecular flexibility index (Phi) is 5.78. The van der Waals surface area contributed by atoms with E-state index in [1.807, 2.05) is 0 Å². The molecule has 25 heavy (non-hydrogen) atoms. The first-order valence-corrected chi connectivity index (χ1v) is 7.87. The summed E-state index contributed by atoms with van der Waals surface area (Å²) in [6.45, 7) is 5.12. The van der Waals surface area contributed by atoms with Crippen molar-refractivity contribution < 1.29 is 24.0 Å². The third kappa shape index (κ3) is 3.98. The lowest BCUT2D eigenvalue weighted by atomic mass is 10.2. The molecule has 2 rings (SSSR count). The van der Waals surface area contributed by atoms with Crippen LogP contribution >= 0.6 is 0 Å². The summed E-state index contributed by atoms with van der Waals surface area (Å²) in [6, 6.07) is -0.725.